The van der Waals surface area contributed by atoms with Gasteiger partial charge in [0.05, 0.1) is 0 Å². The second kappa shape index (κ2) is 10.5. The summed E-state index contributed by atoms with van der Waals surface area (Å²) in [6.07, 6.45) is 0. The molecule has 0 unspecified atom stereocenters. The first-order chi connectivity index (χ1) is 24.1. The molecule has 0 aromatic heterocycles. The first-order valence-electron chi connectivity index (χ1n) is 17.3. The van der Waals surface area contributed by atoms with Gasteiger partial charge in [-0.1, -0.05) is 178 Å². The molecule has 0 amide bonds. The van der Waals surface area contributed by atoms with E-state index in [1.165, 1.54) is 98.7 Å². The van der Waals surface area contributed by atoms with Crippen molar-refractivity contribution >= 4 is 43.1 Å². The molecule has 49 heavy (non-hydrogen) atoms. The number of benzene rings is 9. The first-order valence-corrected chi connectivity index (χ1v) is 17.3. The van der Waals surface area contributed by atoms with Gasteiger partial charge >= 0.3 is 0 Å². The van der Waals surface area contributed by atoms with Gasteiger partial charge in [-0.2, -0.15) is 0 Å². The van der Waals surface area contributed by atoms with Crippen LogP contribution in [0.5, 0.6) is 0 Å². The van der Waals surface area contributed by atoms with Gasteiger partial charge < -0.3 is 0 Å². The van der Waals surface area contributed by atoms with Crippen LogP contribution in [0.2, 0.25) is 0 Å². The second-order valence-electron chi connectivity index (χ2n) is 14.0. The van der Waals surface area contributed by atoms with Crippen LogP contribution in [-0.4, -0.2) is 0 Å². The highest BCUT2D eigenvalue weighted by molar-refractivity contribution is 6.25. The molecule has 9 aromatic rings. The van der Waals surface area contributed by atoms with Crippen molar-refractivity contribution in [3.63, 3.8) is 0 Å². The lowest BCUT2D eigenvalue weighted by atomic mass is 9.82. The van der Waals surface area contributed by atoms with Crippen molar-refractivity contribution in [2.24, 2.45) is 0 Å². The Hall–Kier alpha value is -5.98. The molecule has 0 heterocycles. The Morgan fingerprint density at radius 1 is 0.306 bits per heavy atom. The van der Waals surface area contributed by atoms with Gasteiger partial charge in [-0.15, -0.1) is 0 Å². The average Bonchev–Trinajstić information content (AvgIpc) is 3.40. The molecule has 0 fully saturated rings. The SMILES string of the molecule is CC1(C)c2ccccc2-c2c(-c3ccc(-c4c5ccccc5c(-c5cc6ccccc6c6ccccc56)c5ccccc45)cc3)cccc21. The summed E-state index contributed by atoms with van der Waals surface area (Å²) in [5, 5.41) is 10.2. The third kappa shape index (κ3) is 4.04. The van der Waals surface area contributed by atoms with Gasteiger partial charge in [-0.3, -0.25) is 0 Å². The number of hydrogen-bond acceptors (Lipinski definition) is 0. The summed E-state index contributed by atoms with van der Waals surface area (Å²) in [6, 6.07) is 63.1. The maximum atomic E-state index is 2.40. The predicted octanol–water partition coefficient (Wildman–Crippen LogP) is 13.6. The van der Waals surface area contributed by atoms with Crippen molar-refractivity contribution in [2.45, 2.75) is 19.3 Å². The van der Waals surface area contributed by atoms with Gasteiger partial charge in [0.15, 0.2) is 0 Å². The zero-order valence-electron chi connectivity index (χ0n) is 27.7. The molecule has 0 aliphatic heterocycles. The topological polar surface area (TPSA) is 0 Å². The highest BCUT2D eigenvalue weighted by Crippen LogP contribution is 2.52. The Balaban J connectivity index is 1.20. The van der Waals surface area contributed by atoms with Crippen LogP contribution in [0.1, 0.15) is 25.0 Å². The zero-order valence-corrected chi connectivity index (χ0v) is 27.7. The Labute approximate surface area is 286 Å². The fourth-order valence-electron chi connectivity index (χ4n) is 8.80. The minimum atomic E-state index is -0.0161. The van der Waals surface area contributed by atoms with E-state index in [2.05, 4.69) is 184 Å². The monoisotopic (exact) mass is 622 g/mol. The largest absolute Gasteiger partial charge is 0.0619 e. The molecule has 0 atom stereocenters. The van der Waals surface area contributed by atoms with Gasteiger partial charge in [-0.05, 0) is 105 Å². The van der Waals surface area contributed by atoms with E-state index in [1.54, 1.807) is 0 Å². The summed E-state index contributed by atoms with van der Waals surface area (Å²) in [4.78, 5) is 0. The van der Waals surface area contributed by atoms with Crippen LogP contribution in [0.3, 0.4) is 0 Å². The minimum Gasteiger partial charge on any atom is -0.0619 e. The molecule has 0 saturated carbocycles. The molecule has 0 saturated heterocycles. The molecular formula is C49H34. The van der Waals surface area contributed by atoms with Gasteiger partial charge in [0, 0.05) is 5.41 Å². The standard InChI is InChI=1S/C49H34/c1-49(2)44-24-12-11-22-42(44)48-35(23-13-25-45(48)49)31-26-28-32(29-27-31)46-38-18-7-9-20-40(38)47(41-21-10-8-19-39(41)46)43-30-33-14-3-4-15-34(33)36-16-5-6-17-37(36)43/h3-30H,1-2H3. The van der Waals surface area contributed by atoms with E-state index < -0.39 is 0 Å². The van der Waals surface area contributed by atoms with E-state index in [0.29, 0.717) is 0 Å². The summed E-state index contributed by atoms with van der Waals surface area (Å²) >= 11 is 0. The number of fused-ring (bicyclic) bond motifs is 8. The molecule has 0 heteroatoms. The Morgan fingerprint density at radius 2 is 0.796 bits per heavy atom. The van der Waals surface area contributed by atoms with Crippen LogP contribution in [0.4, 0.5) is 0 Å². The lowest BCUT2D eigenvalue weighted by Crippen LogP contribution is -2.14. The van der Waals surface area contributed by atoms with Crippen molar-refractivity contribution in [2.75, 3.05) is 0 Å². The maximum absolute atomic E-state index is 2.40. The molecule has 0 N–H and O–H groups in total. The van der Waals surface area contributed by atoms with Gasteiger partial charge in [-0.25, -0.2) is 0 Å². The Kier molecular flexibility index (Phi) is 6.02. The molecule has 0 radical (unpaired) electrons. The van der Waals surface area contributed by atoms with Gasteiger partial charge in [0.2, 0.25) is 0 Å². The second-order valence-corrected chi connectivity index (χ2v) is 14.0. The van der Waals surface area contributed by atoms with Crippen molar-refractivity contribution in [3.05, 3.63) is 181 Å². The van der Waals surface area contributed by atoms with Gasteiger partial charge in [0.25, 0.3) is 0 Å². The first kappa shape index (κ1) is 28.1. The lowest BCUT2D eigenvalue weighted by molar-refractivity contribution is 0.660. The third-order valence-corrected chi connectivity index (χ3v) is 11.1. The Bertz CT molecular complexity index is 2720. The minimum absolute atomic E-state index is 0.0161. The van der Waals surface area contributed by atoms with E-state index in [-0.39, 0.29) is 5.41 Å². The molecule has 10 rings (SSSR count). The zero-order chi connectivity index (χ0) is 32.7. The van der Waals surface area contributed by atoms with Crippen LogP contribution >= 0.6 is 0 Å². The summed E-state index contributed by atoms with van der Waals surface area (Å²) in [6.45, 7) is 4.70. The van der Waals surface area contributed by atoms with Crippen molar-refractivity contribution < 1.29 is 0 Å². The predicted molar refractivity (Wildman–Crippen MR) is 210 cm³/mol. The van der Waals surface area contributed by atoms with Crippen LogP contribution in [0.15, 0.2) is 170 Å². The van der Waals surface area contributed by atoms with Gasteiger partial charge in [0.1, 0.15) is 0 Å². The van der Waals surface area contributed by atoms with Crippen LogP contribution in [0, 0.1) is 0 Å². The summed E-state index contributed by atoms with van der Waals surface area (Å²) in [5.41, 5.74) is 13.2. The fraction of sp³-hybridized carbons (Fsp3) is 0.0612. The van der Waals surface area contributed by atoms with E-state index in [9.17, 15) is 0 Å². The highest BCUT2D eigenvalue weighted by Gasteiger charge is 2.36. The molecular weight excluding hydrogens is 589 g/mol. The highest BCUT2D eigenvalue weighted by atomic mass is 14.4. The van der Waals surface area contributed by atoms with Crippen LogP contribution in [0.25, 0.3) is 87.6 Å². The molecule has 9 aromatic carbocycles. The molecule has 0 nitrogen and oxygen atoms in total. The van der Waals surface area contributed by atoms with Crippen LogP contribution in [-0.2, 0) is 5.41 Å². The quantitative estimate of drug-likeness (QED) is 0.136. The Morgan fingerprint density at radius 3 is 1.49 bits per heavy atom. The van der Waals surface area contributed by atoms with E-state index >= 15 is 0 Å². The molecule has 0 bridgehead atoms. The van der Waals surface area contributed by atoms with E-state index in [0.717, 1.165) is 0 Å². The van der Waals surface area contributed by atoms with Crippen LogP contribution < -0.4 is 0 Å². The molecule has 1 aliphatic carbocycles. The maximum Gasteiger partial charge on any atom is 0.0159 e. The van der Waals surface area contributed by atoms with Crippen molar-refractivity contribution in [1.29, 1.82) is 0 Å². The van der Waals surface area contributed by atoms with E-state index in [4.69, 9.17) is 0 Å². The van der Waals surface area contributed by atoms with Crippen molar-refractivity contribution in [1.82, 2.24) is 0 Å². The smallest absolute Gasteiger partial charge is 0.0159 e. The summed E-state index contributed by atoms with van der Waals surface area (Å²) in [5.74, 6) is 0. The fourth-order valence-corrected chi connectivity index (χ4v) is 8.80. The summed E-state index contributed by atoms with van der Waals surface area (Å²) in [7, 11) is 0. The molecule has 0 spiro atoms. The average molecular weight is 623 g/mol. The van der Waals surface area contributed by atoms with Crippen molar-refractivity contribution in [3.8, 4) is 44.5 Å². The lowest BCUT2D eigenvalue weighted by Gasteiger charge is -2.21. The number of hydrogen-bond donors (Lipinski definition) is 0. The number of rotatable bonds is 3. The molecule has 230 valence electrons. The van der Waals surface area contributed by atoms with E-state index in [1.807, 2.05) is 0 Å². The normalized spacial score (nSPS) is 13.3. The summed E-state index contributed by atoms with van der Waals surface area (Å²) < 4.78 is 0. The molecule has 1 aliphatic rings. The third-order valence-electron chi connectivity index (χ3n) is 11.1.